The monoisotopic (exact) mass is 381 g/mol. The molecule has 0 heterocycles. The fourth-order valence-corrected chi connectivity index (χ4v) is 2.45. The molecule has 0 bridgehead atoms. The van der Waals surface area contributed by atoms with E-state index < -0.39 is 16.9 Å². The van der Waals surface area contributed by atoms with Gasteiger partial charge >= 0.3 is 17.6 Å². The molecule has 0 aliphatic heterocycles. The third-order valence-corrected chi connectivity index (χ3v) is 3.97. The Bertz CT molecular complexity index is 657. The maximum Gasteiger partial charge on any atom is 0.311 e. The van der Waals surface area contributed by atoms with E-state index in [9.17, 15) is 19.7 Å². The standard InChI is InChI=1S/C19H27NO7/c1-5-6-16(13(2)3)27-19(22)10-9-18(21)26-12-14-7-8-17(25-4)15(11-14)20(23)24/h7-8,11,13,16H,5-6,9-10,12H2,1-4H3. The number of ether oxygens (including phenoxy) is 3. The Hall–Kier alpha value is -2.64. The Morgan fingerprint density at radius 1 is 1.19 bits per heavy atom. The molecule has 8 nitrogen and oxygen atoms in total. The summed E-state index contributed by atoms with van der Waals surface area (Å²) in [5, 5.41) is 11.0. The number of esters is 2. The summed E-state index contributed by atoms with van der Waals surface area (Å²) in [6.07, 6.45) is 1.37. The lowest BCUT2D eigenvalue weighted by Crippen LogP contribution is -2.24. The average Bonchev–Trinajstić information content (AvgIpc) is 2.63. The number of hydrogen-bond acceptors (Lipinski definition) is 7. The van der Waals surface area contributed by atoms with Gasteiger partial charge in [0.1, 0.15) is 12.7 Å². The molecule has 1 aromatic carbocycles. The molecule has 27 heavy (non-hydrogen) atoms. The summed E-state index contributed by atoms with van der Waals surface area (Å²) in [5.41, 5.74) is 0.256. The van der Waals surface area contributed by atoms with Gasteiger partial charge in [0.05, 0.1) is 24.9 Å². The van der Waals surface area contributed by atoms with E-state index in [0.29, 0.717) is 5.56 Å². The molecule has 0 aromatic heterocycles. The third-order valence-electron chi connectivity index (χ3n) is 3.97. The van der Waals surface area contributed by atoms with Crippen LogP contribution in [0.4, 0.5) is 5.69 Å². The molecule has 1 rings (SSSR count). The largest absolute Gasteiger partial charge is 0.490 e. The lowest BCUT2D eigenvalue weighted by Gasteiger charge is -2.20. The highest BCUT2D eigenvalue weighted by atomic mass is 16.6. The van der Waals surface area contributed by atoms with Gasteiger partial charge in [-0.05, 0) is 24.0 Å². The summed E-state index contributed by atoms with van der Waals surface area (Å²) in [4.78, 5) is 34.1. The van der Waals surface area contributed by atoms with Crippen LogP contribution in [0.1, 0.15) is 52.0 Å². The molecule has 0 spiro atoms. The molecule has 0 fully saturated rings. The van der Waals surface area contributed by atoms with Crippen molar-refractivity contribution in [3.05, 3.63) is 33.9 Å². The first-order valence-electron chi connectivity index (χ1n) is 8.94. The van der Waals surface area contributed by atoms with Crippen molar-refractivity contribution in [2.45, 2.75) is 59.2 Å². The van der Waals surface area contributed by atoms with Gasteiger partial charge in [-0.2, -0.15) is 0 Å². The molecule has 1 aromatic rings. The van der Waals surface area contributed by atoms with Gasteiger partial charge < -0.3 is 14.2 Å². The molecule has 8 heteroatoms. The highest BCUT2D eigenvalue weighted by Gasteiger charge is 2.19. The molecule has 0 saturated carbocycles. The van der Waals surface area contributed by atoms with Crippen molar-refractivity contribution < 1.29 is 28.7 Å². The zero-order valence-electron chi connectivity index (χ0n) is 16.2. The Morgan fingerprint density at radius 3 is 2.41 bits per heavy atom. The summed E-state index contributed by atoms with van der Waals surface area (Å²) in [6, 6.07) is 4.31. The molecular weight excluding hydrogens is 354 g/mol. The number of carbonyl (C=O) groups excluding carboxylic acids is 2. The van der Waals surface area contributed by atoms with Crippen molar-refractivity contribution in [2.75, 3.05) is 7.11 Å². The number of carbonyl (C=O) groups is 2. The highest BCUT2D eigenvalue weighted by Crippen LogP contribution is 2.27. The number of nitro benzene ring substituents is 1. The summed E-state index contributed by atoms with van der Waals surface area (Å²) < 4.78 is 15.4. The predicted octanol–water partition coefficient (Wildman–Crippen LogP) is 3.79. The normalized spacial score (nSPS) is 11.7. The Balaban J connectivity index is 2.48. The van der Waals surface area contributed by atoms with Crippen LogP contribution in [0.3, 0.4) is 0 Å². The average molecular weight is 381 g/mol. The first-order valence-corrected chi connectivity index (χ1v) is 8.94. The van der Waals surface area contributed by atoms with E-state index in [-0.39, 0.29) is 42.9 Å². The van der Waals surface area contributed by atoms with Crippen LogP contribution in [-0.4, -0.2) is 30.1 Å². The first kappa shape index (κ1) is 22.4. The zero-order chi connectivity index (χ0) is 20.4. The van der Waals surface area contributed by atoms with E-state index >= 15 is 0 Å². The molecule has 0 N–H and O–H groups in total. The van der Waals surface area contributed by atoms with Crippen molar-refractivity contribution in [2.24, 2.45) is 5.92 Å². The molecule has 150 valence electrons. The van der Waals surface area contributed by atoms with Crippen LogP contribution in [0.25, 0.3) is 0 Å². The van der Waals surface area contributed by atoms with Gasteiger partial charge in [0.2, 0.25) is 0 Å². The minimum Gasteiger partial charge on any atom is -0.490 e. The first-order chi connectivity index (χ1) is 12.8. The van der Waals surface area contributed by atoms with Crippen LogP contribution in [0.2, 0.25) is 0 Å². The van der Waals surface area contributed by atoms with Crippen LogP contribution in [-0.2, 0) is 25.7 Å². The number of nitrogens with zero attached hydrogens (tertiary/aromatic N) is 1. The van der Waals surface area contributed by atoms with E-state index in [1.165, 1.54) is 19.2 Å². The number of hydrogen-bond donors (Lipinski definition) is 0. The van der Waals surface area contributed by atoms with E-state index in [2.05, 4.69) is 0 Å². The second-order valence-electron chi connectivity index (χ2n) is 6.48. The summed E-state index contributed by atoms with van der Waals surface area (Å²) in [6.45, 7) is 5.86. The van der Waals surface area contributed by atoms with Gasteiger partial charge in [0, 0.05) is 6.07 Å². The van der Waals surface area contributed by atoms with E-state index in [1.54, 1.807) is 6.07 Å². The van der Waals surface area contributed by atoms with E-state index in [1.807, 2.05) is 20.8 Å². The Morgan fingerprint density at radius 2 is 1.85 bits per heavy atom. The summed E-state index contributed by atoms with van der Waals surface area (Å²) in [5.74, 6) is -0.655. The van der Waals surface area contributed by atoms with Gasteiger partial charge in [-0.25, -0.2) is 0 Å². The molecule has 0 amide bonds. The number of methoxy groups -OCH3 is 1. The lowest BCUT2D eigenvalue weighted by molar-refractivity contribution is -0.385. The minimum atomic E-state index is -0.568. The number of nitro groups is 1. The molecule has 1 atom stereocenters. The van der Waals surface area contributed by atoms with Crippen LogP contribution >= 0.6 is 0 Å². The van der Waals surface area contributed by atoms with Crippen LogP contribution in [0.15, 0.2) is 18.2 Å². The van der Waals surface area contributed by atoms with Gasteiger partial charge in [-0.1, -0.05) is 33.3 Å². The SMILES string of the molecule is CCCC(OC(=O)CCC(=O)OCc1ccc(OC)c([N+](=O)[O-])c1)C(C)C. The van der Waals surface area contributed by atoms with E-state index in [4.69, 9.17) is 14.2 Å². The summed E-state index contributed by atoms with van der Waals surface area (Å²) >= 11 is 0. The van der Waals surface area contributed by atoms with Gasteiger partial charge in [-0.15, -0.1) is 0 Å². The maximum absolute atomic E-state index is 11.9. The van der Waals surface area contributed by atoms with Crippen LogP contribution in [0.5, 0.6) is 5.75 Å². The molecular formula is C19H27NO7. The topological polar surface area (TPSA) is 105 Å². The third kappa shape index (κ3) is 7.64. The predicted molar refractivity (Wildman–Crippen MR) is 98.3 cm³/mol. The Labute approximate surface area is 158 Å². The Kier molecular flexibility index (Phi) is 9.25. The smallest absolute Gasteiger partial charge is 0.311 e. The van der Waals surface area contributed by atoms with Crippen molar-refractivity contribution in [3.63, 3.8) is 0 Å². The second kappa shape index (κ2) is 11.2. The lowest BCUT2D eigenvalue weighted by atomic mass is 10.0. The van der Waals surface area contributed by atoms with Crippen molar-refractivity contribution in [3.8, 4) is 5.75 Å². The number of benzene rings is 1. The zero-order valence-corrected chi connectivity index (χ0v) is 16.2. The molecule has 0 aliphatic rings. The molecule has 1 unspecified atom stereocenters. The van der Waals surface area contributed by atoms with Crippen molar-refractivity contribution in [1.82, 2.24) is 0 Å². The molecule has 0 aliphatic carbocycles. The van der Waals surface area contributed by atoms with Crippen LogP contribution in [0, 0.1) is 16.0 Å². The van der Waals surface area contributed by atoms with Crippen molar-refractivity contribution in [1.29, 1.82) is 0 Å². The van der Waals surface area contributed by atoms with Crippen LogP contribution < -0.4 is 4.74 Å². The van der Waals surface area contributed by atoms with Gasteiger partial charge in [-0.3, -0.25) is 19.7 Å². The maximum atomic E-state index is 11.9. The van der Waals surface area contributed by atoms with E-state index in [0.717, 1.165) is 12.8 Å². The number of rotatable bonds is 11. The van der Waals surface area contributed by atoms with Gasteiger partial charge in [0.15, 0.2) is 5.75 Å². The summed E-state index contributed by atoms with van der Waals surface area (Å²) in [7, 11) is 1.34. The second-order valence-corrected chi connectivity index (χ2v) is 6.48. The fraction of sp³-hybridized carbons (Fsp3) is 0.579. The highest BCUT2D eigenvalue weighted by molar-refractivity contribution is 5.77. The van der Waals surface area contributed by atoms with Gasteiger partial charge in [0.25, 0.3) is 0 Å². The minimum absolute atomic E-state index is 0.0610. The molecule has 0 saturated heterocycles. The molecule has 0 radical (unpaired) electrons. The quantitative estimate of drug-likeness (QED) is 0.326. The fourth-order valence-electron chi connectivity index (χ4n) is 2.45. The van der Waals surface area contributed by atoms with Crippen molar-refractivity contribution >= 4 is 17.6 Å².